The third-order valence-electron chi connectivity index (χ3n) is 5.45. The maximum absolute atomic E-state index is 9.59. The summed E-state index contributed by atoms with van der Waals surface area (Å²) in [6, 6.07) is 7.47. The molecule has 0 spiro atoms. The number of hydrogen-bond donors (Lipinski definition) is 2. The number of aromatic nitrogens is 2. The van der Waals surface area contributed by atoms with E-state index in [1.807, 2.05) is 19.1 Å². The van der Waals surface area contributed by atoms with Crippen molar-refractivity contribution in [2.24, 2.45) is 5.92 Å². The number of phenols is 1. The minimum atomic E-state index is 0.0264. The summed E-state index contributed by atoms with van der Waals surface area (Å²) < 4.78 is 11.4. The van der Waals surface area contributed by atoms with E-state index < -0.39 is 0 Å². The zero-order valence-corrected chi connectivity index (χ0v) is 15.9. The zero-order chi connectivity index (χ0) is 18.8. The highest BCUT2D eigenvalue weighted by atomic mass is 16.6. The van der Waals surface area contributed by atoms with Crippen molar-refractivity contribution in [1.82, 2.24) is 9.97 Å². The summed E-state index contributed by atoms with van der Waals surface area (Å²) in [4.78, 5) is 9.41. The summed E-state index contributed by atoms with van der Waals surface area (Å²) in [5, 5.41) is 13.1. The molecule has 6 nitrogen and oxygen atoms in total. The molecule has 1 saturated carbocycles. The first-order chi connectivity index (χ1) is 13.1. The van der Waals surface area contributed by atoms with Gasteiger partial charge < -0.3 is 19.9 Å². The third-order valence-corrected chi connectivity index (χ3v) is 5.45. The number of ether oxygens (including phenoxy) is 2. The van der Waals surface area contributed by atoms with Gasteiger partial charge in [-0.2, -0.15) is 4.98 Å². The van der Waals surface area contributed by atoms with Crippen LogP contribution in [0.1, 0.15) is 38.3 Å². The maximum Gasteiger partial charge on any atom is 0.226 e. The van der Waals surface area contributed by atoms with Crippen LogP contribution in [0.25, 0.3) is 11.1 Å². The van der Waals surface area contributed by atoms with Gasteiger partial charge in [-0.15, -0.1) is 0 Å². The van der Waals surface area contributed by atoms with Gasteiger partial charge in [0, 0.05) is 6.04 Å². The van der Waals surface area contributed by atoms with E-state index in [4.69, 9.17) is 19.4 Å². The monoisotopic (exact) mass is 369 g/mol. The van der Waals surface area contributed by atoms with Gasteiger partial charge in [-0.3, -0.25) is 0 Å². The molecule has 2 aliphatic rings. The first-order valence-electron chi connectivity index (χ1n) is 9.77. The van der Waals surface area contributed by atoms with Crippen LogP contribution < -0.4 is 10.1 Å². The highest BCUT2D eigenvalue weighted by Gasteiger charge is 2.25. The molecular weight excluding hydrogens is 342 g/mol. The predicted octanol–water partition coefficient (Wildman–Crippen LogP) is 3.93. The number of aromatic hydroxyl groups is 1. The standard InChI is InChI=1S/C21H27N3O3/c1-13-3-7-16(8-4-13)23-21-22-14(2)19(15-5-9-17(25)10-6-15)20(24-21)27-18-11-26-12-18/h5-6,9-10,13,16,18,25H,3-4,7-8,11-12H2,1-2H3,(H,22,23,24)/t13-,16-. The van der Waals surface area contributed by atoms with Crippen LogP contribution >= 0.6 is 0 Å². The Morgan fingerprint density at radius 3 is 2.41 bits per heavy atom. The van der Waals surface area contributed by atoms with Crippen LogP contribution in [-0.2, 0) is 4.74 Å². The lowest BCUT2D eigenvalue weighted by molar-refractivity contribution is -0.0811. The van der Waals surface area contributed by atoms with Gasteiger partial charge in [0.15, 0.2) is 0 Å². The summed E-state index contributed by atoms with van der Waals surface area (Å²) in [6.07, 6.45) is 4.81. The van der Waals surface area contributed by atoms with E-state index in [9.17, 15) is 5.11 Å². The SMILES string of the molecule is Cc1nc(N[C@H]2CC[C@H](C)CC2)nc(OC2COC2)c1-c1ccc(O)cc1. The van der Waals surface area contributed by atoms with Gasteiger partial charge in [0.2, 0.25) is 11.8 Å². The van der Waals surface area contributed by atoms with E-state index in [2.05, 4.69) is 12.2 Å². The van der Waals surface area contributed by atoms with Gasteiger partial charge in [0.25, 0.3) is 0 Å². The second-order valence-electron chi connectivity index (χ2n) is 7.74. The van der Waals surface area contributed by atoms with Crippen molar-refractivity contribution >= 4 is 5.95 Å². The largest absolute Gasteiger partial charge is 0.508 e. The molecule has 0 bridgehead atoms. The van der Waals surface area contributed by atoms with Gasteiger partial charge >= 0.3 is 0 Å². The molecule has 1 aliphatic heterocycles. The highest BCUT2D eigenvalue weighted by Crippen LogP contribution is 2.34. The predicted molar refractivity (Wildman–Crippen MR) is 104 cm³/mol. The van der Waals surface area contributed by atoms with E-state index in [1.54, 1.807) is 12.1 Å². The summed E-state index contributed by atoms with van der Waals surface area (Å²) >= 11 is 0. The van der Waals surface area contributed by atoms with Crippen molar-refractivity contribution in [2.75, 3.05) is 18.5 Å². The number of nitrogens with zero attached hydrogens (tertiary/aromatic N) is 2. The Balaban J connectivity index is 1.62. The van der Waals surface area contributed by atoms with E-state index in [0.29, 0.717) is 31.1 Å². The van der Waals surface area contributed by atoms with Gasteiger partial charge in [0.05, 0.1) is 24.5 Å². The molecule has 2 fully saturated rings. The minimum absolute atomic E-state index is 0.0264. The summed E-state index contributed by atoms with van der Waals surface area (Å²) in [7, 11) is 0. The Morgan fingerprint density at radius 2 is 1.78 bits per heavy atom. The van der Waals surface area contributed by atoms with Crippen LogP contribution in [0.3, 0.4) is 0 Å². The lowest BCUT2D eigenvalue weighted by Crippen LogP contribution is -2.39. The minimum Gasteiger partial charge on any atom is -0.508 e. The molecule has 0 amide bonds. The van der Waals surface area contributed by atoms with Crippen molar-refractivity contribution in [3.8, 4) is 22.8 Å². The Hall–Kier alpha value is -2.34. The van der Waals surface area contributed by atoms with Crippen molar-refractivity contribution in [3.05, 3.63) is 30.0 Å². The summed E-state index contributed by atoms with van der Waals surface area (Å²) in [6.45, 7) is 5.46. The zero-order valence-electron chi connectivity index (χ0n) is 15.9. The molecule has 0 radical (unpaired) electrons. The van der Waals surface area contributed by atoms with E-state index in [-0.39, 0.29) is 11.9 Å². The third kappa shape index (κ3) is 4.16. The van der Waals surface area contributed by atoms with Crippen LogP contribution in [0.5, 0.6) is 11.6 Å². The first-order valence-corrected chi connectivity index (χ1v) is 9.77. The number of rotatable bonds is 5. The number of phenolic OH excluding ortho intramolecular Hbond substituents is 1. The molecule has 2 N–H and O–H groups in total. The van der Waals surface area contributed by atoms with Crippen molar-refractivity contribution in [2.45, 2.75) is 51.7 Å². The number of hydrogen-bond acceptors (Lipinski definition) is 6. The topological polar surface area (TPSA) is 76.5 Å². The molecule has 1 aliphatic carbocycles. The van der Waals surface area contributed by atoms with Gasteiger partial charge in [-0.1, -0.05) is 19.1 Å². The fourth-order valence-corrected chi connectivity index (χ4v) is 3.68. The van der Waals surface area contributed by atoms with E-state index >= 15 is 0 Å². The summed E-state index contributed by atoms with van der Waals surface area (Å²) in [5.41, 5.74) is 2.65. The van der Waals surface area contributed by atoms with Crippen molar-refractivity contribution in [1.29, 1.82) is 0 Å². The van der Waals surface area contributed by atoms with Crippen LogP contribution in [-0.4, -0.2) is 40.4 Å². The van der Waals surface area contributed by atoms with Crippen LogP contribution in [0.2, 0.25) is 0 Å². The number of aryl methyl sites for hydroxylation is 1. The number of anilines is 1. The molecule has 1 saturated heterocycles. The summed E-state index contributed by atoms with van der Waals surface area (Å²) in [5.74, 6) is 2.25. The number of benzene rings is 1. The Kier molecular flexibility index (Phi) is 5.16. The molecule has 0 atom stereocenters. The first kappa shape index (κ1) is 18.0. The van der Waals surface area contributed by atoms with Gasteiger partial charge in [-0.05, 0) is 56.2 Å². The highest BCUT2D eigenvalue weighted by molar-refractivity contribution is 5.72. The average Bonchev–Trinajstić information content (AvgIpc) is 2.61. The average molecular weight is 369 g/mol. The van der Waals surface area contributed by atoms with Crippen molar-refractivity contribution < 1.29 is 14.6 Å². The Labute approximate surface area is 160 Å². The fraction of sp³-hybridized carbons (Fsp3) is 0.524. The second kappa shape index (κ2) is 7.72. The maximum atomic E-state index is 9.59. The van der Waals surface area contributed by atoms with E-state index in [0.717, 1.165) is 35.6 Å². The molecular formula is C21H27N3O3. The van der Waals surface area contributed by atoms with Crippen molar-refractivity contribution in [3.63, 3.8) is 0 Å². The van der Waals surface area contributed by atoms with E-state index in [1.165, 1.54) is 12.8 Å². The second-order valence-corrected chi connectivity index (χ2v) is 7.74. The molecule has 1 aromatic carbocycles. The number of nitrogens with one attached hydrogen (secondary N) is 1. The van der Waals surface area contributed by atoms with Gasteiger partial charge in [0.1, 0.15) is 11.9 Å². The molecule has 27 heavy (non-hydrogen) atoms. The van der Waals surface area contributed by atoms with Crippen LogP contribution in [0, 0.1) is 12.8 Å². The van der Waals surface area contributed by atoms with Crippen LogP contribution in [0.15, 0.2) is 24.3 Å². The van der Waals surface area contributed by atoms with Gasteiger partial charge in [-0.25, -0.2) is 4.98 Å². The molecule has 1 aromatic heterocycles. The Bertz CT molecular complexity index is 782. The van der Waals surface area contributed by atoms with Crippen LogP contribution in [0.4, 0.5) is 5.95 Å². The lowest BCUT2D eigenvalue weighted by atomic mass is 9.87. The molecule has 2 aromatic rings. The molecule has 2 heterocycles. The molecule has 144 valence electrons. The smallest absolute Gasteiger partial charge is 0.226 e. The molecule has 4 rings (SSSR count). The quantitative estimate of drug-likeness (QED) is 0.832. The normalized spacial score (nSPS) is 22.9. The molecule has 6 heteroatoms. The molecule has 0 unspecified atom stereocenters. The lowest BCUT2D eigenvalue weighted by Gasteiger charge is -2.29. The Morgan fingerprint density at radius 1 is 1.07 bits per heavy atom. The fourth-order valence-electron chi connectivity index (χ4n) is 3.68.